The van der Waals surface area contributed by atoms with Gasteiger partial charge in [-0.25, -0.2) is 0 Å². The molecule has 0 bridgehead atoms. The highest BCUT2D eigenvalue weighted by molar-refractivity contribution is 5.84. The summed E-state index contributed by atoms with van der Waals surface area (Å²) in [6.07, 6.45) is 0. The Kier molecular flexibility index (Phi) is 3.15. The lowest BCUT2D eigenvalue weighted by Gasteiger charge is -2.11. The number of pyridine rings is 1. The van der Waals surface area contributed by atoms with Crippen LogP contribution in [0.4, 0.5) is 0 Å². The first-order chi connectivity index (χ1) is 9.66. The van der Waals surface area contributed by atoms with Crippen molar-refractivity contribution in [1.29, 1.82) is 0 Å². The third-order valence-corrected chi connectivity index (χ3v) is 3.60. The summed E-state index contributed by atoms with van der Waals surface area (Å²) in [6, 6.07) is 17.5. The quantitative estimate of drug-likeness (QED) is 0.734. The normalized spacial score (nSPS) is 11.2. The molecule has 0 fully saturated rings. The van der Waals surface area contributed by atoms with Crippen LogP contribution in [0, 0.1) is 0 Å². The molecule has 1 aromatic heterocycles. The van der Waals surface area contributed by atoms with Gasteiger partial charge in [-0.15, -0.1) is 0 Å². The zero-order valence-electron chi connectivity index (χ0n) is 11.7. The summed E-state index contributed by atoms with van der Waals surface area (Å²) in [6.45, 7) is 4.28. The summed E-state index contributed by atoms with van der Waals surface area (Å²) < 4.78 is 0. The van der Waals surface area contributed by atoms with Crippen LogP contribution >= 0.6 is 0 Å². The highest BCUT2D eigenvalue weighted by Gasteiger charge is 2.09. The zero-order chi connectivity index (χ0) is 14.1. The molecular formula is C18H17NO. The molecule has 100 valence electrons. The van der Waals surface area contributed by atoms with Crippen LogP contribution in [0.3, 0.4) is 0 Å². The molecule has 0 aliphatic carbocycles. The number of aromatic amines is 1. The predicted octanol–water partition coefficient (Wildman–Crippen LogP) is 4.32. The van der Waals surface area contributed by atoms with E-state index in [1.165, 1.54) is 5.56 Å². The van der Waals surface area contributed by atoms with Gasteiger partial charge in [0, 0.05) is 17.1 Å². The van der Waals surface area contributed by atoms with Crippen molar-refractivity contribution in [3.05, 3.63) is 70.4 Å². The standard InChI is InChI=1S/C18H17NO/c1-12(2)14-9-6-10-15-17(20)11-16(19-18(14)15)13-7-4-3-5-8-13/h3-12H,1-2H3,(H,19,20). The van der Waals surface area contributed by atoms with E-state index in [0.717, 1.165) is 22.2 Å². The second kappa shape index (κ2) is 4.97. The maximum atomic E-state index is 12.3. The average molecular weight is 263 g/mol. The number of H-pyrrole nitrogens is 1. The van der Waals surface area contributed by atoms with E-state index < -0.39 is 0 Å². The van der Waals surface area contributed by atoms with Gasteiger partial charge in [0.25, 0.3) is 0 Å². The maximum Gasteiger partial charge on any atom is 0.190 e. The second-order valence-electron chi connectivity index (χ2n) is 5.34. The lowest BCUT2D eigenvalue weighted by molar-refractivity contribution is 0.873. The minimum Gasteiger partial charge on any atom is -0.354 e. The van der Waals surface area contributed by atoms with Gasteiger partial charge in [-0.3, -0.25) is 4.79 Å². The van der Waals surface area contributed by atoms with Crippen molar-refractivity contribution in [2.24, 2.45) is 0 Å². The van der Waals surface area contributed by atoms with Crippen LogP contribution in [0.2, 0.25) is 0 Å². The van der Waals surface area contributed by atoms with Gasteiger partial charge < -0.3 is 4.98 Å². The van der Waals surface area contributed by atoms with Crippen molar-refractivity contribution in [2.45, 2.75) is 19.8 Å². The molecule has 2 aromatic carbocycles. The van der Waals surface area contributed by atoms with Crippen molar-refractivity contribution in [2.75, 3.05) is 0 Å². The molecule has 3 rings (SSSR count). The first kappa shape index (κ1) is 12.7. The molecule has 3 aromatic rings. The minimum atomic E-state index is 0.0695. The molecule has 0 saturated carbocycles. The lowest BCUT2D eigenvalue weighted by atomic mass is 9.99. The van der Waals surface area contributed by atoms with Gasteiger partial charge in [-0.1, -0.05) is 56.3 Å². The van der Waals surface area contributed by atoms with Crippen LogP contribution in [0.5, 0.6) is 0 Å². The van der Waals surface area contributed by atoms with Gasteiger partial charge in [0.2, 0.25) is 0 Å². The fourth-order valence-corrected chi connectivity index (χ4v) is 2.55. The van der Waals surface area contributed by atoms with E-state index in [9.17, 15) is 4.79 Å². The van der Waals surface area contributed by atoms with Crippen LogP contribution < -0.4 is 5.43 Å². The Bertz CT molecular complexity index is 801. The number of benzene rings is 2. The number of hydrogen-bond donors (Lipinski definition) is 1. The number of rotatable bonds is 2. The lowest BCUT2D eigenvalue weighted by Crippen LogP contribution is -2.05. The molecule has 20 heavy (non-hydrogen) atoms. The Morgan fingerprint density at radius 2 is 1.70 bits per heavy atom. The van der Waals surface area contributed by atoms with E-state index in [0.29, 0.717) is 5.92 Å². The number of para-hydroxylation sites is 1. The highest BCUT2D eigenvalue weighted by Crippen LogP contribution is 2.24. The van der Waals surface area contributed by atoms with Crippen molar-refractivity contribution in [3.8, 4) is 11.3 Å². The summed E-state index contributed by atoms with van der Waals surface area (Å²) in [5, 5.41) is 0.760. The molecule has 2 heteroatoms. The Morgan fingerprint density at radius 1 is 0.950 bits per heavy atom. The highest BCUT2D eigenvalue weighted by atomic mass is 16.1. The summed E-state index contributed by atoms with van der Waals surface area (Å²) in [5.41, 5.74) is 4.10. The van der Waals surface area contributed by atoms with Crippen LogP contribution in [-0.4, -0.2) is 4.98 Å². The molecule has 0 spiro atoms. The van der Waals surface area contributed by atoms with Gasteiger partial charge in [0.15, 0.2) is 5.43 Å². The molecule has 0 aliphatic rings. The maximum absolute atomic E-state index is 12.3. The molecule has 0 atom stereocenters. The molecule has 0 saturated heterocycles. The Hall–Kier alpha value is -2.35. The largest absolute Gasteiger partial charge is 0.354 e. The summed E-state index contributed by atoms with van der Waals surface area (Å²) in [7, 11) is 0. The van der Waals surface area contributed by atoms with Crippen LogP contribution in [0.1, 0.15) is 25.3 Å². The Morgan fingerprint density at radius 3 is 2.40 bits per heavy atom. The van der Waals surface area contributed by atoms with Gasteiger partial charge in [-0.05, 0) is 23.1 Å². The molecule has 0 aliphatic heterocycles. The zero-order valence-corrected chi connectivity index (χ0v) is 11.7. The van der Waals surface area contributed by atoms with Gasteiger partial charge in [-0.2, -0.15) is 0 Å². The smallest absolute Gasteiger partial charge is 0.190 e. The summed E-state index contributed by atoms with van der Waals surface area (Å²) in [5.74, 6) is 0.375. The topological polar surface area (TPSA) is 32.9 Å². The van der Waals surface area contributed by atoms with Crippen molar-refractivity contribution in [1.82, 2.24) is 4.98 Å². The van der Waals surface area contributed by atoms with Gasteiger partial charge in [0.1, 0.15) is 0 Å². The molecule has 1 heterocycles. The molecule has 0 radical (unpaired) electrons. The monoisotopic (exact) mass is 263 g/mol. The van der Waals surface area contributed by atoms with Gasteiger partial charge >= 0.3 is 0 Å². The number of fused-ring (bicyclic) bond motifs is 1. The van der Waals surface area contributed by atoms with E-state index in [2.05, 4.69) is 24.9 Å². The van der Waals surface area contributed by atoms with E-state index in [4.69, 9.17) is 0 Å². The van der Waals surface area contributed by atoms with E-state index in [1.807, 2.05) is 42.5 Å². The van der Waals surface area contributed by atoms with Crippen molar-refractivity contribution >= 4 is 10.9 Å². The fourth-order valence-electron chi connectivity index (χ4n) is 2.55. The first-order valence-corrected chi connectivity index (χ1v) is 6.88. The summed E-state index contributed by atoms with van der Waals surface area (Å²) >= 11 is 0. The minimum absolute atomic E-state index is 0.0695. The number of nitrogens with one attached hydrogen (secondary N) is 1. The second-order valence-corrected chi connectivity index (χ2v) is 5.34. The van der Waals surface area contributed by atoms with Crippen molar-refractivity contribution < 1.29 is 0 Å². The third kappa shape index (κ3) is 2.14. The van der Waals surface area contributed by atoms with E-state index in [-0.39, 0.29) is 5.43 Å². The molecular weight excluding hydrogens is 246 g/mol. The molecule has 1 N–H and O–H groups in total. The number of hydrogen-bond acceptors (Lipinski definition) is 1. The van der Waals surface area contributed by atoms with Gasteiger partial charge in [0.05, 0.1) is 5.52 Å². The van der Waals surface area contributed by atoms with E-state index in [1.54, 1.807) is 6.07 Å². The fraction of sp³-hybridized carbons (Fsp3) is 0.167. The first-order valence-electron chi connectivity index (χ1n) is 6.88. The van der Waals surface area contributed by atoms with E-state index >= 15 is 0 Å². The predicted molar refractivity (Wildman–Crippen MR) is 84.1 cm³/mol. The van der Waals surface area contributed by atoms with Crippen LogP contribution in [-0.2, 0) is 0 Å². The SMILES string of the molecule is CC(C)c1cccc2c(=O)cc(-c3ccccc3)[nH]c12. The van der Waals surface area contributed by atoms with Crippen molar-refractivity contribution in [3.63, 3.8) is 0 Å². The third-order valence-electron chi connectivity index (χ3n) is 3.60. The number of aromatic nitrogens is 1. The van der Waals surface area contributed by atoms with Crippen LogP contribution in [0.25, 0.3) is 22.2 Å². The molecule has 0 amide bonds. The van der Waals surface area contributed by atoms with Crippen LogP contribution in [0.15, 0.2) is 59.4 Å². The molecule has 0 unspecified atom stereocenters. The molecule has 2 nitrogen and oxygen atoms in total. The average Bonchev–Trinajstić information content (AvgIpc) is 2.47. The Balaban J connectivity index is 2.33. The summed E-state index contributed by atoms with van der Waals surface area (Å²) in [4.78, 5) is 15.8. The Labute approximate surface area is 118 Å².